The molecule has 19 heavy (non-hydrogen) atoms. The summed E-state index contributed by atoms with van der Waals surface area (Å²) >= 11 is 3.25. The van der Waals surface area contributed by atoms with Crippen LogP contribution in [0.1, 0.15) is 43.7 Å². The predicted octanol–water partition coefficient (Wildman–Crippen LogP) is 3.85. The number of benzene rings is 1. The minimum atomic E-state index is -0.291. The highest BCUT2D eigenvalue weighted by atomic mass is 79.9. The second-order valence-corrected chi connectivity index (χ2v) is 6.53. The van der Waals surface area contributed by atoms with Crippen LogP contribution in [0.15, 0.2) is 22.7 Å². The van der Waals surface area contributed by atoms with Gasteiger partial charge in [-0.05, 0) is 48.9 Å². The first-order valence-corrected chi connectivity index (χ1v) is 7.65. The van der Waals surface area contributed by atoms with Crippen molar-refractivity contribution in [2.24, 2.45) is 5.73 Å². The van der Waals surface area contributed by atoms with Gasteiger partial charge in [0, 0.05) is 11.1 Å². The normalized spacial score (nSPS) is 20.5. The van der Waals surface area contributed by atoms with E-state index in [2.05, 4.69) is 34.9 Å². The molecule has 0 radical (unpaired) electrons. The van der Waals surface area contributed by atoms with Crippen LogP contribution in [0.3, 0.4) is 0 Å². The van der Waals surface area contributed by atoms with Gasteiger partial charge in [-0.3, -0.25) is 0 Å². The highest BCUT2D eigenvalue weighted by Crippen LogP contribution is 2.41. The minimum Gasteiger partial charge on any atom is -0.322 e. The van der Waals surface area contributed by atoms with Crippen LogP contribution in [0.2, 0.25) is 0 Å². The molecule has 1 aromatic carbocycles. The van der Waals surface area contributed by atoms with E-state index < -0.39 is 0 Å². The SMILES string of the molecule is CN(C)C1(C(N)c2cccc(Br)c2F)CCCCC1. The van der Waals surface area contributed by atoms with Gasteiger partial charge in [0.05, 0.1) is 10.5 Å². The molecule has 4 heteroatoms. The summed E-state index contributed by atoms with van der Waals surface area (Å²) in [5.74, 6) is -0.221. The summed E-state index contributed by atoms with van der Waals surface area (Å²) < 4.78 is 14.8. The number of likely N-dealkylation sites (N-methyl/N-ethyl adjacent to an activating group) is 1. The molecule has 1 aromatic rings. The zero-order chi connectivity index (χ0) is 14.0. The maximum absolute atomic E-state index is 14.3. The number of rotatable bonds is 3. The molecule has 1 aliphatic carbocycles. The third-order valence-corrected chi connectivity index (χ3v) is 5.12. The summed E-state index contributed by atoms with van der Waals surface area (Å²) in [6.45, 7) is 0. The van der Waals surface area contributed by atoms with E-state index >= 15 is 0 Å². The van der Waals surface area contributed by atoms with Crippen LogP contribution < -0.4 is 5.73 Å². The average molecular weight is 329 g/mol. The summed E-state index contributed by atoms with van der Waals surface area (Å²) in [5, 5.41) is 0. The summed E-state index contributed by atoms with van der Waals surface area (Å²) in [7, 11) is 4.11. The third kappa shape index (κ3) is 2.71. The lowest BCUT2D eigenvalue weighted by Gasteiger charge is -2.47. The molecule has 0 bridgehead atoms. The number of halogens is 2. The lowest BCUT2D eigenvalue weighted by atomic mass is 9.73. The molecule has 1 atom stereocenters. The number of nitrogens with zero attached hydrogens (tertiary/aromatic N) is 1. The van der Waals surface area contributed by atoms with Gasteiger partial charge in [-0.25, -0.2) is 4.39 Å². The van der Waals surface area contributed by atoms with Gasteiger partial charge in [-0.2, -0.15) is 0 Å². The first-order valence-electron chi connectivity index (χ1n) is 6.86. The van der Waals surface area contributed by atoms with Crippen LogP contribution in [0.5, 0.6) is 0 Å². The topological polar surface area (TPSA) is 29.3 Å². The molecule has 0 heterocycles. The Morgan fingerprint density at radius 2 is 1.89 bits per heavy atom. The van der Waals surface area contributed by atoms with Gasteiger partial charge in [-0.1, -0.05) is 31.4 Å². The predicted molar refractivity (Wildman–Crippen MR) is 80.5 cm³/mol. The van der Waals surface area contributed by atoms with Crippen LogP contribution in [0.25, 0.3) is 0 Å². The Hall–Kier alpha value is -0.450. The molecular weight excluding hydrogens is 307 g/mol. The monoisotopic (exact) mass is 328 g/mol. The van der Waals surface area contributed by atoms with Crippen LogP contribution >= 0.6 is 15.9 Å². The lowest BCUT2D eigenvalue weighted by Crippen LogP contribution is -2.53. The fourth-order valence-corrected chi connectivity index (χ4v) is 3.63. The number of hydrogen-bond acceptors (Lipinski definition) is 2. The van der Waals surface area contributed by atoms with Crippen molar-refractivity contribution in [1.29, 1.82) is 0 Å². The van der Waals surface area contributed by atoms with Crippen molar-refractivity contribution < 1.29 is 4.39 Å². The van der Waals surface area contributed by atoms with Crippen molar-refractivity contribution in [3.63, 3.8) is 0 Å². The molecule has 0 spiro atoms. The van der Waals surface area contributed by atoms with Crippen molar-refractivity contribution in [1.82, 2.24) is 4.90 Å². The molecule has 0 aromatic heterocycles. The molecule has 0 saturated heterocycles. The first kappa shape index (κ1) is 14.9. The van der Waals surface area contributed by atoms with Gasteiger partial charge < -0.3 is 10.6 Å². The molecule has 2 rings (SSSR count). The van der Waals surface area contributed by atoms with Gasteiger partial charge in [0.15, 0.2) is 0 Å². The van der Waals surface area contributed by atoms with E-state index in [0.29, 0.717) is 10.0 Å². The number of nitrogens with two attached hydrogens (primary N) is 1. The molecule has 0 aliphatic heterocycles. The van der Waals surface area contributed by atoms with E-state index in [9.17, 15) is 4.39 Å². The highest BCUT2D eigenvalue weighted by Gasteiger charge is 2.41. The molecule has 2 N–H and O–H groups in total. The highest BCUT2D eigenvalue weighted by molar-refractivity contribution is 9.10. The molecule has 1 fully saturated rings. The van der Waals surface area contributed by atoms with E-state index in [-0.39, 0.29) is 17.4 Å². The second kappa shape index (κ2) is 5.90. The second-order valence-electron chi connectivity index (χ2n) is 5.68. The summed E-state index contributed by atoms with van der Waals surface area (Å²) in [4.78, 5) is 2.19. The van der Waals surface area contributed by atoms with Crippen LogP contribution in [0.4, 0.5) is 4.39 Å². The van der Waals surface area contributed by atoms with E-state index in [0.717, 1.165) is 12.8 Å². The Morgan fingerprint density at radius 3 is 2.47 bits per heavy atom. The fraction of sp³-hybridized carbons (Fsp3) is 0.600. The summed E-state index contributed by atoms with van der Waals surface area (Å²) in [6, 6.07) is 5.09. The van der Waals surface area contributed by atoms with Crippen LogP contribution in [-0.4, -0.2) is 24.5 Å². The Morgan fingerprint density at radius 1 is 1.26 bits per heavy atom. The van der Waals surface area contributed by atoms with Gasteiger partial charge in [0.25, 0.3) is 0 Å². The molecular formula is C15H22BrFN2. The fourth-order valence-electron chi connectivity index (χ4n) is 3.25. The minimum absolute atomic E-state index is 0.125. The molecule has 2 nitrogen and oxygen atoms in total. The molecule has 1 aliphatic rings. The largest absolute Gasteiger partial charge is 0.322 e. The summed E-state index contributed by atoms with van der Waals surface area (Å²) in [6.07, 6.45) is 5.66. The average Bonchev–Trinajstić information content (AvgIpc) is 2.41. The van der Waals surface area contributed by atoms with Crippen molar-refractivity contribution in [2.75, 3.05) is 14.1 Å². The Kier molecular flexibility index (Phi) is 4.64. The van der Waals surface area contributed by atoms with Gasteiger partial charge in [-0.15, -0.1) is 0 Å². The van der Waals surface area contributed by atoms with Crippen molar-refractivity contribution in [3.05, 3.63) is 34.1 Å². The molecule has 0 amide bonds. The standard InChI is InChI=1S/C15H22BrFN2/c1-19(2)15(9-4-3-5-10-15)14(18)11-7-6-8-12(16)13(11)17/h6-8,14H,3-5,9-10,18H2,1-2H3. The maximum Gasteiger partial charge on any atom is 0.142 e. The lowest BCUT2D eigenvalue weighted by molar-refractivity contribution is 0.0700. The molecule has 1 saturated carbocycles. The Balaban J connectivity index is 2.39. The zero-order valence-corrected chi connectivity index (χ0v) is 13.2. The number of hydrogen-bond donors (Lipinski definition) is 1. The quantitative estimate of drug-likeness (QED) is 0.913. The van der Waals surface area contributed by atoms with Gasteiger partial charge >= 0.3 is 0 Å². The van der Waals surface area contributed by atoms with E-state index in [4.69, 9.17) is 5.73 Å². The van der Waals surface area contributed by atoms with Crippen LogP contribution in [0, 0.1) is 5.82 Å². The van der Waals surface area contributed by atoms with Crippen molar-refractivity contribution in [3.8, 4) is 0 Å². The van der Waals surface area contributed by atoms with E-state index in [1.54, 1.807) is 6.07 Å². The van der Waals surface area contributed by atoms with Gasteiger partial charge in [0.1, 0.15) is 5.82 Å². The smallest absolute Gasteiger partial charge is 0.142 e. The van der Waals surface area contributed by atoms with E-state index in [1.165, 1.54) is 19.3 Å². The molecule has 106 valence electrons. The Labute approximate surface area is 123 Å². The molecule has 1 unspecified atom stereocenters. The first-order chi connectivity index (χ1) is 8.99. The van der Waals surface area contributed by atoms with Crippen molar-refractivity contribution >= 4 is 15.9 Å². The van der Waals surface area contributed by atoms with Crippen molar-refractivity contribution in [2.45, 2.75) is 43.7 Å². The van der Waals surface area contributed by atoms with Crippen LogP contribution in [-0.2, 0) is 0 Å². The summed E-state index contributed by atoms with van der Waals surface area (Å²) in [5.41, 5.74) is 6.96. The Bertz CT molecular complexity index is 442. The van der Waals surface area contributed by atoms with Gasteiger partial charge in [0.2, 0.25) is 0 Å². The third-order valence-electron chi connectivity index (χ3n) is 4.51. The maximum atomic E-state index is 14.3. The van der Waals surface area contributed by atoms with E-state index in [1.807, 2.05) is 12.1 Å². The zero-order valence-electron chi connectivity index (χ0n) is 11.6.